The lowest BCUT2D eigenvalue weighted by atomic mass is 10.0. The normalized spacial score (nSPS) is 14.9. The zero-order valence-corrected chi connectivity index (χ0v) is 20.1. The third-order valence-corrected chi connectivity index (χ3v) is 6.82. The van der Waals surface area contributed by atoms with Gasteiger partial charge in [-0.3, -0.25) is 9.69 Å². The number of nitrogens with zero attached hydrogens (tertiary/aromatic N) is 4. The molecule has 0 spiro atoms. The highest BCUT2D eigenvalue weighted by Gasteiger charge is 2.36. The van der Waals surface area contributed by atoms with E-state index in [4.69, 9.17) is 15.0 Å². The molecule has 8 heteroatoms. The number of nitriles is 2. The number of carbonyl (C=O) groups is 1. The Morgan fingerprint density at radius 1 is 1.21 bits per heavy atom. The lowest BCUT2D eigenvalue weighted by molar-refractivity contribution is -0.115. The number of hydrogen-bond acceptors (Lipinski definition) is 7. The van der Waals surface area contributed by atoms with Crippen LogP contribution in [-0.4, -0.2) is 22.9 Å². The second-order valence-corrected chi connectivity index (χ2v) is 9.69. The van der Waals surface area contributed by atoms with Crippen LogP contribution in [0.2, 0.25) is 0 Å². The number of thiazole rings is 1. The van der Waals surface area contributed by atoms with Crippen molar-refractivity contribution in [3.05, 3.63) is 75.3 Å². The highest BCUT2D eigenvalue weighted by molar-refractivity contribution is 7.15. The minimum Gasteiger partial charge on any atom is -0.495 e. The summed E-state index contributed by atoms with van der Waals surface area (Å²) in [6.07, 6.45) is 0.232. The van der Waals surface area contributed by atoms with E-state index in [1.807, 2.05) is 12.1 Å². The summed E-state index contributed by atoms with van der Waals surface area (Å²) in [4.78, 5) is 20.9. The summed E-state index contributed by atoms with van der Waals surface area (Å²) in [5, 5.41) is 21.7. The summed E-state index contributed by atoms with van der Waals surface area (Å²) in [5.74, 6) is 0.797. The second kappa shape index (κ2) is 10.0. The highest BCUT2D eigenvalue weighted by Crippen LogP contribution is 2.43. The van der Waals surface area contributed by atoms with Crippen molar-refractivity contribution >= 4 is 22.4 Å². The maximum absolute atomic E-state index is 12.5. The van der Waals surface area contributed by atoms with Gasteiger partial charge < -0.3 is 10.1 Å². The zero-order valence-electron chi connectivity index (χ0n) is 19.3. The molecule has 1 amide bonds. The van der Waals surface area contributed by atoms with E-state index in [-0.39, 0.29) is 18.4 Å². The Kier molecular flexibility index (Phi) is 6.93. The Labute approximate surface area is 203 Å². The number of rotatable bonds is 7. The minimum absolute atomic E-state index is 0.125. The third-order valence-electron chi connectivity index (χ3n) is 5.85. The van der Waals surface area contributed by atoms with Gasteiger partial charge in [0.2, 0.25) is 5.91 Å². The van der Waals surface area contributed by atoms with E-state index in [9.17, 15) is 10.1 Å². The molecule has 1 aliphatic rings. The number of benzene rings is 2. The van der Waals surface area contributed by atoms with E-state index in [0.29, 0.717) is 34.5 Å². The lowest BCUT2D eigenvalue weighted by Gasteiger charge is -2.27. The van der Waals surface area contributed by atoms with Crippen molar-refractivity contribution in [2.24, 2.45) is 5.92 Å². The van der Waals surface area contributed by atoms with Crippen LogP contribution in [0.25, 0.3) is 0 Å². The maximum Gasteiger partial charge on any atom is 0.230 e. The van der Waals surface area contributed by atoms with Crippen LogP contribution < -0.4 is 10.1 Å². The Bertz CT molecular complexity index is 1280. The highest BCUT2D eigenvalue weighted by atomic mass is 32.1. The number of aromatic nitrogens is 1. The molecule has 2 aromatic carbocycles. The molecule has 0 aliphatic carbocycles. The molecule has 1 N–H and O–H groups in total. The van der Waals surface area contributed by atoms with Gasteiger partial charge in [-0.05, 0) is 41.3 Å². The summed E-state index contributed by atoms with van der Waals surface area (Å²) in [6, 6.07) is 17.1. The number of anilines is 1. The first-order valence-electron chi connectivity index (χ1n) is 11.0. The topological polar surface area (TPSA) is 102 Å². The van der Waals surface area contributed by atoms with Gasteiger partial charge in [0.25, 0.3) is 0 Å². The Morgan fingerprint density at radius 2 is 1.94 bits per heavy atom. The molecular weight excluding hydrogens is 446 g/mol. The summed E-state index contributed by atoms with van der Waals surface area (Å²) in [6.45, 7) is 5.82. The fourth-order valence-electron chi connectivity index (χ4n) is 4.32. The second-order valence-electron chi connectivity index (χ2n) is 8.60. The first kappa shape index (κ1) is 23.4. The Morgan fingerprint density at radius 3 is 2.59 bits per heavy atom. The van der Waals surface area contributed by atoms with Gasteiger partial charge in [0, 0.05) is 18.0 Å². The Balaban J connectivity index is 1.45. The number of ether oxygens (including phenoxy) is 1. The summed E-state index contributed by atoms with van der Waals surface area (Å²) < 4.78 is 5.36. The van der Waals surface area contributed by atoms with Crippen LogP contribution in [0, 0.1) is 28.6 Å². The van der Waals surface area contributed by atoms with Gasteiger partial charge in [0.05, 0.1) is 42.5 Å². The van der Waals surface area contributed by atoms with E-state index < -0.39 is 0 Å². The van der Waals surface area contributed by atoms with Crippen LogP contribution >= 0.6 is 11.3 Å². The zero-order chi connectivity index (χ0) is 24.2. The standard InChI is InChI=1S/C26H25N5O2S/c1-16(2)25-24-22(15-31(25)14-19-8-9-20(13-28)21(10-19)33-3)34-26(30-24)29-23(32)11-17-4-6-18(12-27)7-5-17/h4-10,16,25H,11,14-15H2,1-3H3,(H,29,30,32)/t25-/m0/s1. The molecule has 1 aromatic heterocycles. The van der Waals surface area contributed by atoms with Gasteiger partial charge in [0.15, 0.2) is 5.13 Å². The number of carbonyl (C=O) groups excluding carboxylic acids is 1. The van der Waals surface area contributed by atoms with Crippen LogP contribution in [-0.2, 0) is 24.3 Å². The molecule has 0 radical (unpaired) electrons. The van der Waals surface area contributed by atoms with Crippen molar-refractivity contribution in [3.63, 3.8) is 0 Å². The van der Waals surface area contributed by atoms with Gasteiger partial charge in [-0.25, -0.2) is 4.98 Å². The molecule has 3 aromatic rings. The molecular formula is C26H25N5O2S. The molecule has 1 aliphatic heterocycles. The Hall–Kier alpha value is -3.72. The largest absolute Gasteiger partial charge is 0.495 e. The van der Waals surface area contributed by atoms with Crippen LogP contribution in [0.5, 0.6) is 5.75 Å². The average Bonchev–Trinajstić information content (AvgIpc) is 3.35. The predicted octanol–water partition coefficient (Wildman–Crippen LogP) is 4.79. The first-order chi connectivity index (χ1) is 16.4. The monoisotopic (exact) mass is 471 g/mol. The van der Waals surface area contributed by atoms with Crippen molar-refractivity contribution in [1.82, 2.24) is 9.88 Å². The van der Waals surface area contributed by atoms with Gasteiger partial charge in [-0.2, -0.15) is 10.5 Å². The van der Waals surface area contributed by atoms with E-state index in [2.05, 4.69) is 36.2 Å². The SMILES string of the molecule is COc1cc(CN2Cc3sc(NC(=O)Cc4ccc(C#N)cc4)nc3[C@@H]2C(C)C)ccc1C#N. The van der Waals surface area contributed by atoms with Crippen molar-refractivity contribution in [2.45, 2.75) is 39.4 Å². The molecule has 1 atom stereocenters. The molecule has 34 heavy (non-hydrogen) atoms. The minimum atomic E-state index is -0.125. The van der Waals surface area contributed by atoms with Crippen molar-refractivity contribution in [2.75, 3.05) is 12.4 Å². The number of hydrogen-bond donors (Lipinski definition) is 1. The lowest BCUT2D eigenvalue weighted by Crippen LogP contribution is -2.26. The smallest absolute Gasteiger partial charge is 0.230 e. The first-order valence-corrected chi connectivity index (χ1v) is 11.8. The molecule has 172 valence electrons. The summed E-state index contributed by atoms with van der Waals surface area (Å²) >= 11 is 1.52. The van der Waals surface area contributed by atoms with Crippen molar-refractivity contribution < 1.29 is 9.53 Å². The van der Waals surface area contributed by atoms with E-state index >= 15 is 0 Å². The van der Waals surface area contributed by atoms with E-state index in [1.165, 1.54) is 11.3 Å². The molecule has 7 nitrogen and oxygen atoms in total. The number of fused-ring (bicyclic) bond motifs is 1. The molecule has 2 heterocycles. The van der Waals surface area contributed by atoms with Crippen molar-refractivity contribution in [1.29, 1.82) is 10.5 Å². The van der Waals surface area contributed by atoms with Gasteiger partial charge in [-0.15, -0.1) is 11.3 Å². The molecule has 0 saturated heterocycles. The summed E-state index contributed by atoms with van der Waals surface area (Å²) in [5.41, 5.74) is 4.05. The predicted molar refractivity (Wildman–Crippen MR) is 130 cm³/mol. The van der Waals surface area contributed by atoms with Crippen molar-refractivity contribution in [3.8, 4) is 17.9 Å². The number of amides is 1. The van der Waals surface area contributed by atoms with Crippen LogP contribution in [0.1, 0.15) is 52.7 Å². The quantitative estimate of drug-likeness (QED) is 0.532. The molecule has 0 saturated carbocycles. The van der Waals surface area contributed by atoms with Crippen LogP contribution in [0.15, 0.2) is 42.5 Å². The molecule has 0 fully saturated rings. The fourth-order valence-corrected chi connectivity index (χ4v) is 5.36. The third kappa shape index (κ3) is 4.94. The fraction of sp³-hybridized carbons (Fsp3) is 0.308. The molecule has 4 rings (SSSR count). The maximum atomic E-state index is 12.5. The summed E-state index contributed by atoms with van der Waals surface area (Å²) in [7, 11) is 1.57. The van der Waals surface area contributed by atoms with E-state index in [0.717, 1.165) is 28.2 Å². The average molecular weight is 472 g/mol. The van der Waals surface area contributed by atoms with Gasteiger partial charge in [-0.1, -0.05) is 32.0 Å². The van der Waals surface area contributed by atoms with Crippen LogP contribution in [0.4, 0.5) is 5.13 Å². The number of nitrogens with one attached hydrogen (secondary N) is 1. The van der Waals surface area contributed by atoms with Crippen LogP contribution in [0.3, 0.4) is 0 Å². The molecule has 0 bridgehead atoms. The van der Waals surface area contributed by atoms with Gasteiger partial charge in [0.1, 0.15) is 11.8 Å². The number of methoxy groups -OCH3 is 1. The van der Waals surface area contributed by atoms with Gasteiger partial charge >= 0.3 is 0 Å². The molecule has 0 unspecified atom stereocenters. The van der Waals surface area contributed by atoms with E-state index in [1.54, 1.807) is 37.4 Å².